The van der Waals surface area contributed by atoms with Gasteiger partial charge in [0, 0.05) is 23.9 Å². The van der Waals surface area contributed by atoms with Crippen LogP contribution in [0.1, 0.15) is 49.1 Å². The number of carbonyl (C=O) groups is 4. The summed E-state index contributed by atoms with van der Waals surface area (Å²) in [6.45, 7) is 5.28. The van der Waals surface area contributed by atoms with Crippen molar-refractivity contribution in [3.8, 4) is 0 Å². The maximum Gasteiger partial charge on any atom is 0.266 e. The Kier molecular flexibility index (Phi) is 5.32. The Labute approximate surface area is 185 Å². The van der Waals surface area contributed by atoms with E-state index in [1.807, 2.05) is 32.0 Å². The molecule has 160 valence electrons. The number of amides is 4. The minimum absolute atomic E-state index is 0.175. The van der Waals surface area contributed by atoms with Crippen molar-refractivity contribution in [1.29, 1.82) is 0 Å². The molecule has 0 aliphatic carbocycles. The van der Waals surface area contributed by atoms with Crippen molar-refractivity contribution in [3.05, 3.63) is 88.5 Å². The van der Waals surface area contributed by atoms with Crippen molar-refractivity contribution >= 4 is 40.7 Å². The van der Waals surface area contributed by atoms with E-state index in [9.17, 15) is 19.2 Å². The van der Waals surface area contributed by atoms with E-state index in [1.54, 1.807) is 24.3 Å². The summed E-state index contributed by atoms with van der Waals surface area (Å²) in [6.07, 6.45) is 0. The normalized spacial score (nSPS) is 12.5. The molecule has 0 aromatic heterocycles. The molecule has 3 aromatic rings. The van der Waals surface area contributed by atoms with Gasteiger partial charge in [-0.05, 0) is 79.6 Å². The third-order valence-corrected chi connectivity index (χ3v) is 5.07. The number of fused-ring (bicyclic) bond motifs is 1. The lowest BCUT2D eigenvalue weighted by atomic mass is 10.0. The highest BCUT2D eigenvalue weighted by Gasteiger charge is 2.37. The fraction of sp³-hybridized carbons (Fsp3) is 0.120. The minimum Gasteiger partial charge on any atom is -0.326 e. The van der Waals surface area contributed by atoms with Gasteiger partial charge in [-0.15, -0.1) is 0 Å². The number of aryl methyl sites for hydroxylation is 2. The molecule has 7 nitrogen and oxygen atoms in total. The van der Waals surface area contributed by atoms with Gasteiger partial charge in [0.1, 0.15) is 0 Å². The molecule has 7 heteroatoms. The molecular weight excluding hydrogens is 406 g/mol. The third kappa shape index (κ3) is 4.00. The molecule has 1 aliphatic heterocycles. The predicted octanol–water partition coefficient (Wildman–Crippen LogP) is 4.31. The number of benzene rings is 3. The van der Waals surface area contributed by atoms with Gasteiger partial charge in [-0.25, -0.2) is 4.90 Å². The first-order chi connectivity index (χ1) is 15.2. The van der Waals surface area contributed by atoms with E-state index in [0.29, 0.717) is 17.1 Å². The Morgan fingerprint density at radius 1 is 0.719 bits per heavy atom. The Hall–Kier alpha value is -4.26. The summed E-state index contributed by atoms with van der Waals surface area (Å²) >= 11 is 0. The van der Waals surface area contributed by atoms with Gasteiger partial charge in [0.05, 0.1) is 16.8 Å². The average Bonchev–Trinajstić information content (AvgIpc) is 2.97. The topological polar surface area (TPSA) is 95.6 Å². The Balaban J connectivity index is 1.58. The van der Waals surface area contributed by atoms with Gasteiger partial charge in [-0.1, -0.05) is 6.07 Å². The zero-order chi connectivity index (χ0) is 23.0. The van der Waals surface area contributed by atoms with Crippen molar-refractivity contribution in [2.45, 2.75) is 20.8 Å². The van der Waals surface area contributed by atoms with E-state index < -0.39 is 11.8 Å². The van der Waals surface area contributed by atoms with Crippen LogP contribution in [0.3, 0.4) is 0 Å². The Morgan fingerprint density at radius 2 is 1.34 bits per heavy atom. The summed E-state index contributed by atoms with van der Waals surface area (Å²) in [7, 11) is 0. The van der Waals surface area contributed by atoms with Crippen LogP contribution in [0.25, 0.3) is 0 Å². The molecule has 0 bridgehead atoms. The average molecular weight is 427 g/mol. The van der Waals surface area contributed by atoms with Crippen molar-refractivity contribution in [2.24, 2.45) is 0 Å². The molecule has 0 saturated carbocycles. The molecule has 0 fully saturated rings. The van der Waals surface area contributed by atoms with E-state index in [4.69, 9.17) is 0 Å². The van der Waals surface area contributed by atoms with Crippen LogP contribution >= 0.6 is 0 Å². The highest BCUT2D eigenvalue weighted by molar-refractivity contribution is 6.34. The lowest BCUT2D eigenvalue weighted by molar-refractivity contribution is -0.114. The minimum atomic E-state index is -0.502. The first-order valence-corrected chi connectivity index (χ1v) is 10.0. The largest absolute Gasteiger partial charge is 0.326 e. The summed E-state index contributed by atoms with van der Waals surface area (Å²) in [6, 6.07) is 16.6. The molecule has 0 spiro atoms. The quantitative estimate of drug-likeness (QED) is 0.607. The van der Waals surface area contributed by atoms with Gasteiger partial charge in [-0.2, -0.15) is 0 Å². The third-order valence-electron chi connectivity index (χ3n) is 5.07. The molecule has 0 atom stereocenters. The highest BCUT2D eigenvalue weighted by Crippen LogP contribution is 2.30. The Bertz CT molecular complexity index is 1260. The van der Waals surface area contributed by atoms with Gasteiger partial charge in [-0.3, -0.25) is 19.2 Å². The van der Waals surface area contributed by atoms with E-state index >= 15 is 0 Å². The number of nitrogens with zero attached hydrogens (tertiary/aromatic N) is 1. The van der Waals surface area contributed by atoms with Crippen LogP contribution in [0.4, 0.5) is 17.1 Å². The van der Waals surface area contributed by atoms with Crippen LogP contribution < -0.4 is 15.5 Å². The number of nitrogens with one attached hydrogen (secondary N) is 2. The lowest BCUT2D eigenvalue weighted by Gasteiger charge is -2.14. The van der Waals surface area contributed by atoms with Crippen molar-refractivity contribution in [3.63, 3.8) is 0 Å². The molecule has 4 rings (SSSR count). The SMILES string of the molecule is CC(=O)Nc1ccc(N2C(=O)c3ccc(C(=O)Nc4cc(C)cc(C)c4)cc3C2=O)cc1. The molecule has 1 heterocycles. The number of carbonyl (C=O) groups excluding carboxylic acids is 4. The molecule has 2 N–H and O–H groups in total. The standard InChI is InChI=1S/C25H21N3O4/c1-14-10-15(2)12-19(11-14)27-23(30)17-4-9-21-22(13-17)25(32)28(24(21)31)20-7-5-18(6-8-20)26-16(3)29/h4-13H,1-3H3,(H,26,29)(H,27,30). The van der Waals surface area contributed by atoms with Gasteiger partial charge < -0.3 is 10.6 Å². The van der Waals surface area contributed by atoms with E-state index in [1.165, 1.54) is 25.1 Å². The lowest BCUT2D eigenvalue weighted by Crippen LogP contribution is -2.29. The molecular formula is C25H21N3O4. The monoisotopic (exact) mass is 427 g/mol. The van der Waals surface area contributed by atoms with Crippen molar-refractivity contribution in [2.75, 3.05) is 15.5 Å². The molecule has 0 saturated heterocycles. The van der Waals surface area contributed by atoms with Crippen molar-refractivity contribution in [1.82, 2.24) is 0 Å². The molecule has 32 heavy (non-hydrogen) atoms. The van der Waals surface area contributed by atoms with Gasteiger partial charge in [0.25, 0.3) is 17.7 Å². The predicted molar refractivity (Wildman–Crippen MR) is 122 cm³/mol. The highest BCUT2D eigenvalue weighted by atomic mass is 16.2. The second kappa shape index (κ2) is 8.11. The van der Waals surface area contributed by atoms with E-state index in [0.717, 1.165) is 16.0 Å². The van der Waals surface area contributed by atoms with Gasteiger partial charge in [0.15, 0.2) is 0 Å². The Morgan fingerprint density at radius 3 is 1.97 bits per heavy atom. The molecule has 0 unspecified atom stereocenters. The van der Waals surface area contributed by atoms with Gasteiger partial charge in [0.2, 0.25) is 5.91 Å². The van der Waals surface area contributed by atoms with Crippen LogP contribution in [-0.2, 0) is 4.79 Å². The maximum absolute atomic E-state index is 13.0. The zero-order valence-electron chi connectivity index (χ0n) is 17.9. The molecule has 4 amide bonds. The van der Waals surface area contributed by atoms with E-state index in [2.05, 4.69) is 10.6 Å². The number of anilines is 3. The first kappa shape index (κ1) is 21.0. The molecule has 0 radical (unpaired) electrons. The summed E-state index contributed by atoms with van der Waals surface area (Å²) in [5, 5.41) is 5.48. The second-order valence-corrected chi connectivity index (χ2v) is 7.76. The van der Waals surface area contributed by atoms with Gasteiger partial charge >= 0.3 is 0 Å². The summed E-state index contributed by atoms with van der Waals surface area (Å²) < 4.78 is 0. The molecule has 3 aromatic carbocycles. The van der Waals surface area contributed by atoms with Crippen LogP contribution in [-0.4, -0.2) is 23.6 Å². The number of hydrogen-bond acceptors (Lipinski definition) is 4. The fourth-order valence-electron chi connectivity index (χ4n) is 3.76. The van der Waals surface area contributed by atoms with Crippen LogP contribution in [0.15, 0.2) is 60.7 Å². The summed E-state index contributed by atoms with van der Waals surface area (Å²) in [5.41, 5.74) is 4.35. The first-order valence-electron chi connectivity index (χ1n) is 10.0. The second-order valence-electron chi connectivity index (χ2n) is 7.76. The summed E-state index contributed by atoms with van der Waals surface area (Å²) in [5.74, 6) is -1.54. The van der Waals surface area contributed by atoms with Crippen LogP contribution in [0, 0.1) is 13.8 Å². The fourth-order valence-corrected chi connectivity index (χ4v) is 3.76. The van der Waals surface area contributed by atoms with Crippen molar-refractivity contribution < 1.29 is 19.2 Å². The molecule has 1 aliphatic rings. The smallest absolute Gasteiger partial charge is 0.266 e. The van der Waals surface area contributed by atoms with Crippen LogP contribution in [0.5, 0.6) is 0 Å². The number of rotatable bonds is 4. The summed E-state index contributed by atoms with van der Waals surface area (Å²) in [4.78, 5) is 50.8. The van der Waals surface area contributed by atoms with E-state index in [-0.39, 0.29) is 28.5 Å². The number of hydrogen-bond donors (Lipinski definition) is 2. The number of imide groups is 1. The maximum atomic E-state index is 13.0. The zero-order valence-corrected chi connectivity index (χ0v) is 17.9. The van der Waals surface area contributed by atoms with Crippen LogP contribution in [0.2, 0.25) is 0 Å².